The van der Waals surface area contributed by atoms with Gasteiger partial charge in [0.15, 0.2) is 0 Å². The monoisotopic (exact) mass is 300 g/mol. The first-order valence-corrected chi connectivity index (χ1v) is 8.06. The maximum Gasteiger partial charge on any atom is 0.244 e. The van der Waals surface area contributed by atoms with Crippen molar-refractivity contribution in [2.45, 2.75) is 18.7 Å². The van der Waals surface area contributed by atoms with Crippen molar-refractivity contribution in [3.8, 4) is 0 Å². The molecule has 0 aliphatic heterocycles. The summed E-state index contributed by atoms with van der Waals surface area (Å²) in [6.45, 7) is 6.31. The van der Waals surface area contributed by atoms with Crippen molar-refractivity contribution in [2.24, 2.45) is 11.7 Å². The van der Waals surface area contributed by atoms with E-state index in [2.05, 4.69) is 23.7 Å². The van der Waals surface area contributed by atoms with E-state index in [1.165, 1.54) is 24.6 Å². The molecule has 0 spiro atoms. The fourth-order valence-corrected chi connectivity index (χ4v) is 2.67. The molecular formula is C13H24N4O2S. The van der Waals surface area contributed by atoms with E-state index < -0.39 is 10.0 Å². The van der Waals surface area contributed by atoms with E-state index in [1.807, 2.05) is 0 Å². The molecule has 0 aromatic carbocycles. The molecule has 7 heteroatoms. The lowest BCUT2D eigenvalue weighted by Crippen LogP contribution is -2.33. The summed E-state index contributed by atoms with van der Waals surface area (Å²) < 4.78 is 25.1. The fourth-order valence-electron chi connectivity index (χ4n) is 1.82. The first-order chi connectivity index (χ1) is 9.28. The summed E-state index contributed by atoms with van der Waals surface area (Å²) in [5, 5.41) is 0. The number of nitrogens with zero attached hydrogens (tertiary/aromatic N) is 3. The zero-order valence-electron chi connectivity index (χ0n) is 12.6. The lowest BCUT2D eigenvalue weighted by molar-refractivity contribution is 0.520. The molecule has 0 amide bonds. The second-order valence-corrected chi connectivity index (χ2v) is 7.42. The summed E-state index contributed by atoms with van der Waals surface area (Å²) in [6, 6.07) is 3.32. The molecule has 1 aromatic heterocycles. The quantitative estimate of drug-likeness (QED) is 0.804. The maximum absolute atomic E-state index is 12.0. The molecule has 114 valence electrons. The van der Waals surface area contributed by atoms with Crippen LogP contribution in [0.5, 0.6) is 0 Å². The lowest BCUT2D eigenvalue weighted by atomic mass is 10.2. The molecule has 2 N–H and O–H groups in total. The van der Waals surface area contributed by atoms with Gasteiger partial charge in [-0.05, 0) is 18.1 Å². The minimum absolute atomic E-state index is 0.198. The Morgan fingerprint density at radius 1 is 1.30 bits per heavy atom. The van der Waals surface area contributed by atoms with Crippen LogP contribution in [0.15, 0.2) is 23.2 Å². The molecular weight excluding hydrogens is 276 g/mol. The lowest BCUT2D eigenvalue weighted by Gasteiger charge is -2.25. The molecule has 0 unspecified atom stereocenters. The molecule has 0 radical (unpaired) electrons. The van der Waals surface area contributed by atoms with E-state index in [4.69, 9.17) is 5.73 Å². The van der Waals surface area contributed by atoms with Crippen molar-refractivity contribution < 1.29 is 8.42 Å². The summed E-state index contributed by atoms with van der Waals surface area (Å²) in [5.41, 5.74) is 5.61. The number of aromatic nitrogens is 1. The van der Waals surface area contributed by atoms with Gasteiger partial charge in [0, 0.05) is 39.9 Å². The standard InChI is InChI=1S/C13H24N4O2S/c1-11(2)10-17(8-7-14)13-6-5-12(9-15-13)20(18,19)16(3)4/h5-6,9,11H,7-8,10,14H2,1-4H3. The first kappa shape index (κ1) is 16.9. The molecule has 1 rings (SSSR count). The molecule has 1 aromatic rings. The molecule has 0 aliphatic carbocycles. The van der Waals surface area contributed by atoms with Crippen LogP contribution in [0.25, 0.3) is 0 Å². The van der Waals surface area contributed by atoms with Crippen LogP contribution in [0.4, 0.5) is 5.82 Å². The summed E-state index contributed by atoms with van der Waals surface area (Å²) in [5.74, 6) is 1.23. The first-order valence-electron chi connectivity index (χ1n) is 6.62. The van der Waals surface area contributed by atoms with Gasteiger partial charge in [0.05, 0.1) is 0 Å². The number of anilines is 1. The zero-order chi connectivity index (χ0) is 15.3. The summed E-state index contributed by atoms with van der Waals surface area (Å²) in [4.78, 5) is 6.53. The highest BCUT2D eigenvalue weighted by Gasteiger charge is 2.18. The Morgan fingerprint density at radius 3 is 2.35 bits per heavy atom. The predicted molar refractivity (Wildman–Crippen MR) is 81.2 cm³/mol. The largest absolute Gasteiger partial charge is 0.355 e. The molecule has 0 bridgehead atoms. The van der Waals surface area contributed by atoms with Crippen LogP contribution in [-0.4, -0.2) is 51.4 Å². The van der Waals surface area contributed by atoms with E-state index in [0.717, 1.165) is 12.4 Å². The van der Waals surface area contributed by atoms with E-state index in [0.29, 0.717) is 19.0 Å². The second-order valence-electron chi connectivity index (χ2n) is 5.27. The molecule has 0 saturated carbocycles. The highest BCUT2D eigenvalue weighted by atomic mass is 32.2. The van der Waals surface area contributed by atoms with E-state index in [1.54, 1.807) is 12.1 Å². The third kappa shape index (κ3) is 4.16. The van der Waals surface area contributed by atoms with E-state index in [9.17, 15) is 8.42 Å². The van der Waals surface area contributed by atoms with Gasteiger partial charge in [-0.25, -0.2) is 17.7 Å². The number of nitrogens with two attached hydrogens (primary N) is 1. The van der Waals surface area contributed by atoms with Gasteiger partial charge < -0.3 is 10.6 Å². The molecule has 1 heterocycles. The van der Waals surface area contributed by atoms with Gasteiger partial charge >= 0.3 is 0 Å². The highest BCUT2D eigenvalue weighted by Crippen LogP contribution is 2.17. The molecule has 20 heavy (non-hydrogen) atoms. The Bertz CT molecular complexity index is 512. The van der Waals surface area contributed by atoms with Crippen LogP contribution < -0.4 is 10.6 Å². The summed E-state index contributed by atoms with van der Waals surface area (Å²) in [6.07, 6.45) is 1.40. The van der Waals surface area contributed by atoms with Gasteiger partial charge in [-0.3, -0.25) is 0 Å². The Balaban J connectivity index is 2.99. The van der Waals surface area contributed by atoms with Crippen LogP contribution in [0.2, 0.25) is 0 Å². The van der Waals surface area contributed by atoms with Crippen molar-refractivity contribution in [3.05, 3.63) is 18.3 Å². The van der Waals surface area contributed by atoms with Crippen LogP contribution >= 0.6 is 0 Å². The third-order valence-corrected chi connectivity index (χ3v) is 4.61. The molecule has 0 fully saturated rings. The fraction of sp³-hybridized carbons (Fsp3) is 0.615. The van der Waals surface area contributed by atoms with Gasteiger partial charge in [-0.1, -0.05) is 13.8 Å². The highest BCUT2D eigenvalue weighted by molar-refractivity contribution is 7.89. The number of pyridine rings is 1. The van der Waals surface area contributed by atoms with Crippen LogP contribution in [0.3, 0.4) is 0 Å². The maximum atomic E-state index is 12.0. The SMILES string of the molecule is CC(C)CN(CCN)c1ccc(S(=O)(=O)N(C)C)cn1. The smallest absolute Gasteiger partial charge is 0.244 e. The number of sulfonamides is 1. The second kappa shape index (κ2) is 7.01. The minimum atomic E-state index is -3.43. The number of hydrogen-bond donors (Lipinski definition) is 1. The summed E-state index contributed by atoms with van der Waals surface area (Å²) >= 11 is 0. The third-order valence-electron chi connectivity index (χ3n) is 2.81. The van der Waals surface area contributed by atoms with Gasteiger partial charge in [0.2, 0.25) is 10.0 Å². The van der Waals surface area contributed by atoms with Crippen LogP contribution in [0, 0.1) is 5.92 Å². The topological polar surface area (TPSA) is 79.5 Å². The average Bonchev–Trinajstić information content (AvgIpc) is 2.37. The molecule has 0 atom stereocenters. The van der Waals surface area contributed by atoms with Crippen molar-refractivity contribution in [1.29, 1.82) is 0 Å². The normalized spacial score (nSPS) is 12.2. The molecule has 0 aliphatic rings. The Morgan fingerprint density at radius 2 is 1.95 bits per heavy atom. The van der Waals surface area contributed by atoms with Crippen molar-refractivity contribution >= 4 is 15.8 Å². The molecule has 0 saturated heterocycles. The number of rotatable bonds is 7. The van der Waals surface area contributed by atoms with Crippen molar-refractivity contribution in [1.82, 2.24) is 9.29 Å². The van der Waals surface area contributed by atoms with Gasteiger partial charge in [-0.2, -0.15) is 0 Å². The number of hydrogen-bond acceptors (Lipinski definition) is 5. The van der Waals surface area contributed by atoms with Crippen LogP contribution in [0.1, 0.15) is 13.8 Å². The van der Waals surface area contributed by atoms with Gasteiger partial charge in [0.25, 0.3) is 0 Å². The summed E-state index contributed by atoms with van der Waals surface area (Å²) in [7, 11) is -0.422. The van der Waals surface area contributed by atoms with Crippen LogP contribution in [-0.2, 0) is 10.0 Å². The van der Waals surface area contributed by atoms with Crippen molar-refractivity contribution in [2.75, 3.05) is 38.6 Å². The Kier molecular flexibility index (Phi) is 5.91. The predicted octanol–water partition coefficient (Wildman–Crippen LogP) is 0.753. The average molecular weight is 300 g/mol. The van der Waals surface area contributed by atoms with Gasteiger partial charge in [-0.15, -0.1) is 0 Å². The van der Waals surface area contributed by atoms with Crippen molar-refractivity contribution in [3.63, 3.8) is 0 Å². The zero-order valence-corrected chi connectivity index (χ0v) is 13.4. The molecule has 6 nitrogen and oxygen atoms in total. The van der Waals surface area contributed by atoms with E-state index in [-0.39, 0.29) is 4.90 Å². The van der Waals surface area contributed by atoms with E-state index >= 15 is 0 Å². The Labute approximate surface area is 121 Å². The minimum Gasteiger partial charge on any atom is -0.355 e. The Hall–Kier alpha value is -1.18. The van der Waals surface area contributed by atoms with Gasteiger partial charge in [0.1, 0.15) is 10.7 Å².